The molecule has 1 heterocycles. The van der Waals surface area contributed by atoms with Crippen LogP contribution in [0.25, 0.3) is 0 Å². The van der Waals surface area contributed by atoms with Gasteiger partial charge in [0.25, 0.3) is 9.05 Å². The highest BCUT2D eigenvalue weighted by molar-refractivity contribution is 8.13. The minimum Gasteiger partial charge on any atom is -0.281 e. The number of hydrogen-bond donors (Lipinski definition) is 1. The molecule has 0 aliphatic heterocycles. The molecule has 4 nitrogen and oxygen atoms in total. The maximum absolute atomic E-state index is 11.2. The molecule has 0 amide bonds. The van der Waals surface area contributed by atoms with Gasteiger partial charge in [0, 0.05) is 10.7 Å². The summed E-state index contributed by atoms with van der Waals surface area (Å²) in [4.78, 5) is 0.152. The number of halogens is 1. The van der Waals surface area contributed by atoms with Gasteiger partial charge in [-0.15, -0.1) is 0 Å². The van der Waals surface area contributed by atoms with E-state index in [9.17, 15) is 8.42 Å². The van der Waals surface area contributed by atoms with Gasteiger partial charge in [0.1, 0.15) is 4.90 Å². The van der Waals surface area contributed by atoms with Crippen LogP contribution >= 0.6 is 10.7 Å². The van der Waals surface area contributed by atoms with Crippen molar-refractivity contribution < 1.29 is 8.42 Å². The summed E-state index contributed by atoms with van der Waals surface area (Å²) in [5.74, 6) is 0. The van der Waals surface area contributed by atoms with Gasteiger partial charge in [0.15, 0.2) is 0 Å². The molecule has 6 heteroatoms. The Kier molecular flexibility index (Phi) is 2.98. The van der Waals surface area contributed by atoms with E-state index in [-0.39, 0.29) is 4.90 Å². The monoisotopic (exact) mass is 222 g/mol. The summed E-state index contributed by atoms with van der Waals surface area (Å²) in [6.07, 6.45) is 1.13. The summed E-state index contributed by atoms with van der Waals surface area (Å²) in [5.41, 5.74) is 1.08. The standard InChI is InChI=1S/C7H11ClN2O2S/c1-3-5-7(13(8,11)12)6(4-2)10-9-5/h3-4H2,1-2H3,(H,9,10). The third kappa shape index (κ3) is 2.03. The van der Waals surface area contributed by atoms with Crippen LogP contribution in [0.2, 0.25) is 0 Å². The highest BCUT2D eigenvalue weighted by Gasteiger charge is 2.21. The molecule has 0 aliphatic rings. The number of rotatable bonds is 3. The van der Waals surface area contributed by atoms with E-state index < -0.39 is 9.05 Å². The van der Waals surface area contributed by atoms with Crippen LogP contribution in [0.5, 0.6) is 0 Å². The normalized spacial score (nSPS) is 11.9. The topological polar surface area (TPSA) is 62.8 Å². The molecule has 0 aliphatic carbocycles. The Morgan fingerprint density at radius 2 is 2.00 bits per heavy atom. The smallest absolute Gasteiger partial charge is 0.264 e. The molecule has 0 fully saturated rings. The third-order valence-corrected chi connectivity index (χ3v) is 3.23. The Labute approximate surface area is 81.7 Å². The molecule has 0 atom stereocenters. The molecule has 13 heavy (non-hydrogen) atoms. The summed E-state index contributed by atoms with van der Waals surface area (Å²) in [7, 11) is 1.61. The van der Waals surface area contributed by atoms with Crippen LogP contribution in [0.15, 0.2) is 4.90 Å². The lowest BCUT2D eigenvalue weighted by Crippen LogP contribution is -1.97. The summed E-state index contributed by atoms with van der Waals surface area (Å²) in [6, 6.07) is 0. The number of aromatic nitrogens is 2. The first-order valence-corrected chi connectivity index (χ1v) is 6.32. The minimum atomic E-state index is -3.67. The van der Waals surface area contributed by atoms with E-state index in [0.717, 1.165) is 0 Å². The van der Waals surface area contributed by atoms with Crippen molar-refractivity contribution >= 4 is 19.7 Å². The van der Waals surface area contributed by atoms with Crippen molar-refractivity contribution in [2.24, 2.45) is 0 Å². The zero-order valence-electron chi connectivity index (χ0n) is 7.46. The molecule has 1 aromatic rings. The Morgan fingerprint density at radius 1 is 1.38 bits per heavy atom. The molecule has 0 bridgehead atoms. The molecule has 0 spiro atoms. The lowest BCUT2D eigenvalue weighted by atomic mass is 10.3. The predicted molar refractivity (Wildman–Crippen MR) is 50.4 cm³/mol. The summed E-state index contributed by atoms with van der Waals surface area (Å²) in [5, 5.41) is 6.55. The SMILES string of the molecule is CCc1n[nH]c(CC)c1S(=O)(=O)Cl. The predicted octanol–water partition coefficient (Wildman–Crippen LogP) is 1.46. The van der Waals surface area contributed by atoms with Crippen molar-refractivity contribution in [3.8, 4) is 0 Å². The van der Waals surface area contributed by atoms with Gasteiger partial charge in [-0.2, -0.15) is 5.10 Å². The van der Waals surface area contributed by atoms with Gasteiger partial charge < -0.3 is 0 Å². The number of nitrogens with zero attached hydrogens (tertiary/aromatic N) is 1. The average Bonchev–Trinajstić information content (AvgIpc) is 2.45. The van der Waals surface area contributed by atoms with E-state index in [4.69, 9.17) is 10.7 Å². The van der Waals surface area contributed by atoms with Gasteiger partial charge in [-0.1, -0.05) is 13.8 Å². The van der Waals surface area contributed by atoms with E-state index >= 15 is 0 Å². The van der Waals surface area contributed by atoms with Crippen LogP contribution in [-0.4, -0.2) is 18.6 Å². The fourth-order valence-electron chi connectivity index (χ4n) is 1.18. The number of nitrogens with one attached hydrogen (secondary N) is 1. The first kappa shape index (κ1) is 10.5. The highest BCUT2D eigenvalue weighted by atomic mass is 35.7. The van der Waals surface area contributed by atoms with E-state index in [1.807, 2.05) is 13.8 Å². The Hall–Kier alpha value is -0.550. The van der Waals surface area contributed by atoms with Gasteiger partial charge >= 0.3 is 0 Å². The highest BCUT2D eigenvalue weighted by Crippen LogP contribution is 2.22. The average molecular weight is 223 g/mol. The largest absolute Gasteiger partial charge is 0.281 e. The van der Waals surface area contributed by atoms with Crippen LogP contribution in [-0.2, 0) is 21.9 Å². The van der Waals surface area contributed by atoms with Crippen LogP contribution in [0.3, 0.4) is 0 Å². The molecular formula is C7H11ClN2O2S. The van der Waals surface area contributed by atoms with Crippen molar-refractivity contribution in [2.75, 3.05) is 0 Å². The van der Waals surface area contributed by atoms with Crippen LogP contribution in [0.1, 0.15) is 25.2 Å². The third-order valence-electron chi connectivity index (χ3n) is 1.79. The lowest BCUT2D eigenvalue weighted by Gasteiger charge is -1.97. The van der Waals surface area contributed by atoms with Crippen molar-refractivity contribution in [1.29, 1.82) is 0 Å². The van der Waals surface area contributed by atoms with Crippen molar-refractivity contribution in [1.82, 2.24) is 10.2 Å². The van der Waals surface area contributed by atoms with Crippen molar-refractivity contribution in [2.45, 2.75) is 31.6 Å². The van der Waals surface area contributed by atoms with Gasteiger partial charge in [0.2, 0.25) is 0 Å². The van der Waals surface area contributed by atoms with Gasteiger partial charge in [-0.25, -0.2) is 8.42 Å². The van der Waals surface area contributed by atoms with Gasteiger partial charge in [-0.3, -0.25) is 5.10 Å². The first-order valence-electron chi connectivity index (χ1n) is 4.01. The van der Waals surface area contributed by atoms with E-state index in [0.29, 0.717) is 24.2 Å². The van der Waals surface area contributed by atoms with Gasteiger partial charge in [-0.05, 0) is 12.8 Å². The summed E-state index contributed by atoms with van der Waals surface area (Å²) >= 11 is 0. The number of H-pyrrole nitrogens is 1. The zero-order valence-corrected chi connectivity index (χ0v) is 9.04. The van der Waals surface area contributed by atoms with Gasteiger partial charge in [0.05, 0.1) is 11.4 Å². The van der Waals surface area contributed by atoms with Crippen LogP contribution < -0.4 is 0 Å². The lowest BCUT2D eigenvalue weighted by molar-refractivity contribution is 0.607. The molecule has 74 valence electrons. The summed E-state index contributed by atoms with van der Waals surface area (Å²) in [6.45, 7) is 3.68. The summed E-state index contributed by atoms with van der Waals surface area (Å²) < 4.78 is 22.3. The fourth-order valence-corrected chi connectivity index (χ4v) is 2.68. The quantitative estimate of drug-likeness (QED) is 0.788. The number of aromatic amines is 1. The van der Waals surface area contributed by atoms with Crippen LogP contribution in [0.4, 0.5) is 0 Å². The second-order valence-electron chi connectivity index (χ2n) is 2.62. The molecule has 0 saturated heterocycles. The molecule has 1 aromatic heterocycles. The first-order chi connectivity index (χ1) is 6.00. The Morgan fingerprint density at radius 3 is 2.38 bits per heavy atom. The van der Waals surface area contributed by atoms with E-state index in [1.54, 1.807) is 0 Å². The number of hydrogen-bond acceptors (Lipinski definition) is 3. The molecule has 1 N–H and O–H groups in total. The Bertz CT molecular complexity index is 375. The second kappa shape index (κ2) is 3.67. The molecule has 1 rings (SSSR count). The second-order valence-corrected chi connectivity index (χ2v) is 5.13. The molecule has 0 aromatic carbocycles. The zero-order chi connectivity index (χ0) is 10.1. The molecule has 0 saturated carbocycles. The van der Waals surface area contributed by atoms with Crippen molar-refractivity contribution in [3.05, 3.63) is 11.4 Å². The van der Waals surface area contributed by atoms with E-state index in [1.165, 1.54) is 0 Å². The maximum Gasteiger partial charge on any atom is 0.264 e. The van der Waals surface area contributed by atoms with Crippen molar-refractivity contribution in [3.63, 3.8) is 0 Å². The number of aryl methyl sites for hydroxylation is 2. The van der Waals surface area contributed by atoms with E-state index in [2.05, 4.69) is 10.2 Å². The minimum absolute atomic E-state index is 0.152. The molecule has 0 unspecified atom stereocenters. The molecular weight excluding hydrogens is 212 g/mol. The fraction of sp³-hybridized carbons (Fsp3) is 0.571. The molecule has 0 radical (unpaired) electrons. The van der Waals surface area contributed by atoms with Crippen LogP contribution in [0, 0.1) is 0 Å². The Balaban J connectivity index is 3.38. The maximum atomic E-state index is 11.2.